The van der Waals surface area contributed by atoms with Gasteiger partial charge in [0.2, 0.25) is 0 Å². The summed E-state index contributed by atoms with van der Waals surface area (Å²) in [6.07, 6.45) is 0.329. The molecule has 0 aromatic heterocycles. The van der Waals surface area contributed by atoms with E-state index < -0.39 is 23.4 Å². The molecule has 0 amide bonds. The Morgan fingerprint density at radius 2 is 1.41 bits per heavy atom. The van der Waals surface area contributed by atoms with Gasteiger partial charge in [-0.2, -0.15) is 13.2 Å². The summed E-state index contributed by atoms with van der Waals surface area (Å²) >= 11 is 0. The second kappa shape index (κ2) is 8.78. The first kappa shape index (κ1) is 22.1. The van der Waals surface area contributed by atoms with Crippen molar-refractivity contribution in [2.75, 3.05) is 0 Å². The van der Waals surface area contributed by atoms with Crippen LogP contribution in [-0.2, 0) is 19.0 Å². The Kier molecular flexibility index (Phi) is 6.06. The lowest BCUT2D eigenvalue weighted by atomic mass is 10.00. The highest BCUT2D eigenvalue weighted by Crippen LogP contribution is 2.38. The van der Waals surface area contributed by atoms with Crippen molar-refractivity contribution in [1.82, 2.24) is 0 Å². The first-order valence-corrected chi connectivity index (χ1v) is 10.6. The summed E-state index contributed by atoms with van der Waals surface area (Å²) in [7, 11) is 0. The van der Waals surface area contributed by atoms with Crippen LogP contribution in [0.2, 0.25) is 0 Å². The van der Waals surface area contributed by atoms with E-state index in [9.17, 15) is 22.0 Å². The van der Waals surface area contributed by atoms with E-state index in [1.807, 2.05) is 18.2 Å². The van der Waals surface area contributed by atoms with Crippen molar-refractivity contribution in [1.29, 1.82) is 0 Å². The minimum absolute atomic E-state index is 0.145. The van der Waals surface area contributed by atoms with Gasteiger partial charge in [0.25, 0.3) is 0 Å². The van der Waals surface area contributed by atoms with E-state index in [0.717, 1.165) is 24.0 Å². The molecule has 0 saturated heterocycles. The average Bonchev–Trinajstić information content (AvgIpc) is 3.08. The van der Waals surface area contributed by atoms with Crippen molar-refractivity contribution in [2.24, 2.45) is 0 Å². The van der Waals surface area contributed by atoms with E-state index in [1.165, 1.54) is 36.0 Å². The van der Waals surface area contributed by atoms with Crippen molar-refractivity contribution >= 4 is 0 Å². The first-order chi connectivity index (χ1) is 15.3. The molecular weight excluding hydrogens is 419 g/mol. The molecule has 164 valence electrons. The summed E-state index contributed by atoms with van der Waals surface area (Å²) in [5, 5.41) is 0. The minimum Gasteiger partial charge on any atom is -0.206 e. The van der Waals surface area contributed by atoms with Crippen molar-refractivity contribution in [3.8, 4) is 23.0 Å². The topological polar surface area (TPSA) is 0 Å². The summed E-state index contributed by atoms with van der Waals surface area (Å²) in [6, 6.07) is 13.5. The molecule has 0 fully saturated rings. The summed E-state index contributed by atoms with van der Waals surface area (Å²) in [5.41, 5.74) is 4.65. The molecule has 5 heteroatoms. The second-order valence-electron chi connectivity index (χ2n) is 8.06. The molecule has 4 rings (SSSR count). The summed E-state index contributed by atoms with van der Waals surface area (Å²) in [5.74, 6) is 2.05. The molecule has 32 heavy (non-hydrogen) atoms. The Balaban J connectivity index is 1.56. The van der Waals surface area contributed by atoms with Crippen LogP contribution in [0.4, 0.5) is 22.0 Å². The molecule has 1 aliphatic carbocycles. The number of rotatable bonds is 4. The Morgan fingerprint density at radius 1 is 0.781 bits per heavy atom. The third kappa shape index (κ3) is 4.55. The van der Waals surface area contributed by atoms with Gasteiger partial charge < -0.3 is 0 Å². The quantitative estimate of drug-likeness (QED) is 0.173. The fourth-order valence-corrected chi connectivity index (χ4v) is 4.14. The van der Waals surface area contributed by atoms with Gasteiger partial charge in [0.05, 0.1) is 0 Å². The molecule has 0 unspecified atom stereocenters. The van der Waals surface area contributed by atoms with E-state index in [0.29, 0.717) is 17.7 Å². The number of fused-ring (bicyclic) bond motifs is 3. The molecule has 3 aromatic carbocycles. The van der Waals surface area contributed by atoms with Crippen LogP contribution < -0.4 is 0 Å². The number of benzene rings is 3. The maximum absolute atomic E-state index is 13.8. The Bertz CT molecular complexity index is 1200. The highest BCUT2D eigenvalue weighted by atomic mass is 19.4. The normalized spacial score (nSPS) is 12.2. The van der Waals surface area contributed by atoms with Crippen LogP contribution in [-0.4, -0.2) is 0 Å². The molecular formula is C27H21F5. The maximum atomic E-state index is 13.8. The van der Waals surface area contributed by atoms with Gasteiger partial charge in [-0.25, -0.2) is 8.78 Å². The van der Waals surface area contributed by atoms with Crippen molar-refractivity contribution in [3.05, 3.63) is 93.5 Å². The molecule has 0 atom stereocenters. The maximum Gasteiger partial charge on any atom is 0.422 e. The van der Waals surface area contributed by atoms with Gasteiger partial charge in [0.1, 0.15) is 17.2 Å². The van der Waals surface area contributed by atoms with Gasteiger partial charge in [0.15, 0.2) is 0 Å². The van der Waals surface area contributed by atoms with Crippen molar-refractivity contribution < 1.29 is 22.0 Å². The highest BCUT2D eigenvalue weighted by molar-refractivity contribution is 5.77. The predicted octanol–water partition coefficient (Wildman–Crippen LogP) is 7.69. The van der Waals surface area contributed by atoms with E-state index in [2.05, 4.69) is 37.0 Å². The zero-order valence-corrected chi connectivity index (χ0v) is 17.5. The summed E-state index contributed by atoms with van der Waals surface area (Å²) < 4.78 is 65.7. The van der Waals surface area contributed by atoms with Crippen molar-refractivity contribution in [3.63, 3.8) is 0 Å². The third-order valence-corrected chi connectivity index (χ3v) is 5.69. The smallest absolute Gasteiger partial charge is 0.206 e. The van der Waals surface area contributed by atoms with Gasteiger partial charge in [0, 0.05) is 11.1 Å². The van der Waals surface area contributed by atoms with Crippen LogP contribution in [0.25, 0.3) is 11.1 Å². The summed E-state index contributed by atoms with van der Waals surface area (Å²) in [4.78, 5) is 0. The molecule has 0 N–H and O–H groups in total. The molecule has 0 bridgehead atoms. The lowest BCUT2D eigenvalue weighted by molar-refractivity contribution is -0.142. The highest BCUT2D eigenvalue weighted by Gasteiger charge is 2.37. The molecule has 3 aromatic rings. The minimum atomic E-state index is -5.09. The number of aryl methyl sites for hydroxylation is 1. The number of halogens is 5. The number of hydrogen-bond acceptors (Lipinski definition) is 0. The molecule has 0 nitrogen and oxygen atoms in total. The van der Waals surface area contributed by atoms with Gasteiger partial charge in [-0.1, -0.05) is 55.9 Å². The first-order valence-electron chi connectivity index (χ1n) is 10.6. The zero-order valence-electron chi connectivity index (χ0n) is 17.5. The second-order valence-corrected chi connectivity index (χ2v) is 8.06. The fraction of sp³-hybridized carbons (Fsp3) is 0.259. The predicted molar refractivity (Wildman–Crippen MR) is 115 cm³/mol. The third-order valence-electron chi connectivity index (χ3n) is 5.69. The largest absolute Gasteiger partial charge is 0.422 e. The molecule has 0 aliphatic heterocycles. The monoisotopic (exact) mass is 440 g/mol. The lowest BCUT2D eigenvalue weighted by Crippen LogP contribution is -2.11. The fourth-order valence-electron chi connectivity index (χ4n) is 4.14. The molecule has 0 radical (unpaired) electrons. The van der Waals surface area contributed by atoms with Gasteiger partial charge in [-0.3, -0.25) is 0 Å². The average molecular weight is 440 g/mol. The standard InChI is InChI=1S/C27H21F5/c1-2-3-4-5-17-8-10-22-20(12-17)16-21-13-18(9-11-23(21)22)6-7-19-14-24(28)26(25(29)15-19)27(30,31)32/h8-15H,2-5,16H2,1H3. The van der Waals surface area contributed by atoms with Gasteiger partial charge in [-0.05, 0) is 71.3 Å². The SMILES string of the molecule is CCCCCc1ccc2c(c1)Cc1cc(C#Cc3cc(F)c(C(F)(F)F)c(F)c3)ccc1-2. The van der Waals surface area contributed by atoms with E-state index in [4.69, 9.17) is 0 Å². The molecule has 1 aliphatic rings. The van der Waals surface area contributed by atoms with E-state index in [1.54, 1.807) is 0 Å². The molecule has 0 heterocycles. The Labute approximate surface area is 184 Å². The van der Waals surface area contributed by atoms with Gasteiger partial charge in [-0.15, -0.1) is 0 Å². The van der Waals surface area contributed by atoms with E-state index in [-0.39, 0.29) is 5.56 Å². The number of hydrogen-bond donors (Lipinski definition) is 0. The number of unbranched alkanes of at least 4 members (excludes halogenated alkanes) is 2. The van der Waals surface area contributed by atoms with Crippen LogP contribution in [0.15, 0.2) is 48.5 Å². The van der Waals surface area contributed by atoms with Crippen molar-refractivity contribution in [2.45, 2.75) is 45.2 Å². The van der Waals surface area contributed by atoms with Gasteiger partial charge >= 0.3 is 6.18 Å². The van der Waals surface area contributed by atoms with Crippen LogP contribution >= 0.6 is 0 Å². The van der Waals surface area contributed by atoms with Crippen LogP contribution in [0, 0.1) is 23.5 Å². The van der Waals surface area contributed by atoms with Crippen LogP contribution in [0.1, 0.15) is 59.6 Å². The number of alkyl halides is 3. The van der Waals surface area contributed by atoms with Crippen LogP contribution in [0.3, 0.4) is 0 Å². The lowest BCUT2D eigenvalue weighted by Gasteiger charge is -2.09. The Morgan fingerprint density at radius 3 is 2.06 bits per heavy atom. The van der Waals surface area contributed by atoms with Crippen LogP contribution in [0.5, 0.6) is 0 Å². The molecule has 0 saturated carbocycles. The summed E-state index contributed by atoms with van der Waals surface area (Å²) in [6.45, 7) is 2.18. The Hall–Kier alpha value is -3.13. The zero-order chi connectivity index (χ0) is 22.9. The van der Waals surface area contributed by atoms with E-state index >= 15 is 0 Å². The molecule has 0 spiro atoms.